The maximum atomic E-state index is 11.8. The average Bonchev–Trinajstić information content (AvgIpc) is 3.09. The van der Waals surface area contributed by atoms with Crippen molar-refractivity contribution in [3.63, 3.8) is 0 Å². The summed E-state index contributed by atoms with van der Waals surface area (Å²) in [5, 5.41) is 4.76. The van der Waals surface area contributed by atoms with E-state index in [-0.39, 0.29) is 6.10 Å². The van der Waals surface area contributed by atoms with Gasteiger partial charge in [0.05, 0.1) is 7.11 Å². The fraction of sp³-hybridized carbons (Fsp3) is 0.316. The van der Waals surface area contributed by atoms with Crippen LogP contribution in [0.1, 0.15) is 18.9 Å². The molecular formula is C19H20N2O5. The third-order valence-electron chi connectivity index (χ3n) is 4.20. The van der Waals surface area contributed by atoms with Gasteiger partial charge in [-0.1, -0.05) is 12.7 Å². The van der Waals surface area contributed by atoms with Crippen molar-refractivity contribution in [1.29, 1.82) is 0 Å². The Bertz CT molecular complexity index is 864. The van der Waals surface area contributed by atoms with E-state index in [2.05, 4.69) is 21.6 Å². The predicted molar refractivity (Wildman–Crippen MR) is 96.0 cm³/mol. The molecule has 136 valence electrons. The summed E-state index contributed by atoms with van der Waals surface area (Å²) < 4.78 is 16.0. The van der Waals surface area contributed by atoms with Crippen LogP contribution in [0.2, 0.25) is 0 Å². The monoisotopic (exact) mass is 356 g/mol. The number of hydrogen-bond acceptors (Lipinski definition) is 7. The SMILES string of the molecule is C=Cc1cc2c(OC3CN[C@H](C(=O)OC(C)=O)C3)nccc2cc1OC. The highest BCUT2D eigenvalue weighted by Gasteiger charge is 2.33. The number of rotatable bonds is 5. The average molecular weight is 356 g/mol. The van der Waals surface area contributed by atoms with Crippen LogP contribution < -0.4 is 14.8 Å². The van der Waals surface area contributed by atoms with Gasteiger partial charge in [0.1, 0.15) is 17.9 Å². The van der Waals surface area contributed by atoms with E-state index in [0.717, 1.165) is 22.1 Å². The number of benzene rings is 1. The summed E-state index contributed by atoms with van der Waals surface area (Å²) in [7, 11) is 1.61. The van der Waals surface area contributed by atoms with E-state index in [1.54, 1.807) is 19.4 Å². The van der Waals surface area contributed by atoms with Crippen molar-refractivity contribution in [2.24, 2.45) is 0 Å². The molecule has 1 aromatic heterocycles. The van der Waals surface area contributed by atoms with E-state index in [9.17, 15) is 9.59 Å². The fourth-order valence-electron chi connectivity index (χ4n) is 2.96. The molecule has 7 nitrogen and oxygen atoms in total. The molecule has 1 aliphatic heterocycles. The number of methoxy groups -OCH3 is 1. The van der Waals surface area contributed by atoms with E-state index >= 15 is 0 Å². The number of ether oxygens (including phenoxy) is 3. The minimum Gasteiger partial charge on any atom is -0.496 e. The highest BCUT2D eigenvalue weighted by molar-refractivity contribution is 5.91. The van der Waals surface area contributed by atoms with Crippen molar-refractivity contribution in [2.75, 3.05) is 13.7 Å². The van der Waals surface area contributed by atoms with Crippen molar-refractivity contribution < 1.29 is 23.8 Å². The molecule has 0 radical (unpaired) electrons. The molecule has 7 heteroatoms. The van der Waals surface area contributed by atoms with E-state index in [4.69, 9.17) is 9.47 Å². The van der Waals surface area contributed by atoms with Gasteiger partial charge in [-0.3, -0.25) is 4.79 Å². The van der Waals surface area contributed by atoms with Gasteiger partial charge < -0.3 is 19.5 Å². The van der Waals surface area contributed by atoms with Gasteiger partial charge >= 0.3 is 11.9 Å². The third kappa shape index (κ3) is 3.67. The Morgan fingerprint density at radius 1 is 1.38 bits per heavy atom. The Hall–Kier alpha value is -2.93. The molecule has 1 saturated heterocycles. The van der Waals surface area contributed by atoms with Crippen LogP contribution in [0.5, 0.6) is 11.6 Å². The van der Waals surface area contributed by atoms with Crippen molar-refractivity contribution in [1.82, 2.24) is 10.3 Å². The first-order valence-electron chi connectivity index (χ1n) is 8.23. The van der Waals surface area contributed by atoms with Gasteiger partial charge in [-0.25, -0.2) is 9.78 Å². The number of esters is 2. The van der Waals surface area contributed by atoms with Crippen LogP contribution in [0.3, 0.4) is 0 Å². The first kappa shape index (κ1) is 17.9. The molecule has 2 atom stereocenters. The zero-order valence-corrected chi connectivity index (χ0v) is 14.7. The fourth-order valence-corrected chi connectivity index (χ4v) is 2.96. The van der Waals surface area contributed by atoms with Crippen LogP contribution in [-0.2, 0) is 14.3 Å². The summed E-state index contributed by atoms with van der Waals surface area (Å²) in [6, 6.07) is 5.12. The Labute approximate surface area is 151 Å². The standard InChI is InChI=1S/C19H20N2O5/c1-4-12-7-15-13(8-17(12)24-3)5-6-20-18(15)26-14-9-16(21-10-14)19(23)25-11(2)22/h4-8,14,16,21H,1,9-10H2,2-3H3/t14?,16-/m0/s1. The lowest BCUT2D eigenvalue weighted by atomic mass is 10.1. The van der Waals surface area contributed by atoms with Gasteiger partial charge in [0.25, 0.3) is 0 Å². The van der Waals surface area contributed by atoms with Crippen LogP contribution in [0.4, 0.5) is 0 Å². The third-order valence-corrected chi connectivity index (χ3v) is 4.20. The molecule has 0 saturated carbocycles. The van der Waals surface area contributed by atoms with E-state index in [0.29, 0.717) is 18.8 Å². The number of carbonyl (C=O) groups is 2. The van der Waals surface area contributed by atoms with Crippen LogP contribution >= 0.6 is 0 Å². The maximum Gasteiger partial charge on any atom is 0.330 e. The number of pyridine rings is 1. The molecule has 1 unspecified atom stereocenters. The van der Waals surface area contributed by atoms with Gasteiger partial charge in [-0.05, 0) is 23.6 Å². The molecule has 2 aromatic rings. The van der Waals surface area contributed by atoms with Crippen molar-refractivity contribution in [2.45, 2.75) is 25.5 Å². The first-order valence-corrected chi connectivity index (χ1v) is 8.23. The normalized spacial score (nSPS) is 19.2. The Kier molecular flexibility index (Phi) is 5.18. The number of hydrogen-bond donors (Lipinski definition) is 1. The number of nitrogens with zero attached hydrogens (tertiary/aromatic N) is 1. The summed E-state index contributed by atoms with van der Waals surface area (Å²) in [4.78, 5) is 27.1. The van der Waals surface area contributed by atoms with E-state index in [1.807, 2.05) is 18.2 Å². The molecule has 1 N–H and O–H groups in total. The van der Waals surface area contributed by atoms with Crippen molar-refractivity contribution in [3.05, 3.63) is 36.5 Å². The van der Waals surface area contributed by atoms with Gasteiger partial charge in [-0.2, -0.15) is 0 Å². The molecule has 3 rings (SSSR count). The predicted octanol–water partition coefficient (Wildman–Crippen LogP) is 2.09. The van der Waals surface area contributed by atoms with Gasteiger partial charge in [-0.15, -0.1) is 0 Å². The second-order valence-corrected chi connectivity index (χ2v) is 5.98. The maximum absolute atomic E-state index is 11.8. The minimum atomic E-state index is -0.622. The Morgan fingerprint density at radius 3 is 2.88 bits per heavy atom. The number of aromatic nitrogens is 1. The summed E-state index contributed by atoms with van der Waals surface area (Å²) in [5.41, 5.74) is 0.838. The summed E-state index contributed by atoms with van der Waals surface area (Å²) in [6.07, 6.45) is 3.51. The largest absolute Gasteiger partial charge is 0.496 e. The van der Waals surface area contributed by atoms with E-state index in [1.165, 1.54) is 6.92 Å². The second kappa shape index (κ2) is 7.53. The lowest BCUT2D eigenvalue weighted by Gasteiger charge is -2.15. The molecule has 0 bridgehead atoms. The number of carbonyl (C=O) groups excluding carboxylic acids is 2. The zero-order chi connectivity index (χ0) is 18.7. The zero-order valence-electron chi connectivity index (χ0n) is 14.7. The second-order valence-electron chi connectivity index (χ2n) is 5.98. The molecule has 0 amide bonds. The quantitative estimate of drug-likeness (QED) is 0.648. The van der Waals surface area contributed by atoms with Gasteiger partial charge in [0.15, 0.2) is 0 Å². The van der Waals surface area contributed by atoms with Crippen molar-refractivity contribution >= 4 is 28.8 Å². The van der Waals surface area contributed by atoms with Gasteiger partial charge in [0, 0.05) is 37.0 Å². The molecule has 26 heavy (non-hydrogen) atoms. The number of nitrogens with one attached hydrogen (secondary N) is 1. The molecular weight excluding hydrogens is 336 g/mol. The lowest BCUT2D eigenvalue weighted by molar-refractivity contribution is -0.159. The minimum absolute atomic E-state index is 0.258. The molecule has 1 fully saturated rings. The summed E-state index contributed by atoms with van der Waals surface area (Å²) >= 11 is 0. The lowest BCUT2D eigenvalue weighted by Crippen LogP contribution is -2.33. The Morgan fingerprint density at radius 2 is 2.19 bits per heavy atom. The molecule has 0 spiro atoms. The van der Waals surface area contributed by atoms with Crippen LogP contribution in [-0.4, -0.2) is 42.7 Å². The molecule has 2 heterocycles. The number of fused-ring (bicyclic) bond motifs is 1. The summed E-state index contributed by atoms with van der Waals surface area (Å²) in [6.45, 7) is 5.46. The van der Waals surface area contributed by atoms with Crippen LogP contribution in [0, 0.1) is 0 Å². The van der Waals surface area contributed by atoms with Gasteiger partial charge in [0.2, 0.25) is 5.88 Å². The highest BCUT2D eigenvalue weighted by atomic mass is 16.6. The van der Waals surface area contributed by atoms with Crippen molar-refractivity contribution in [3.8, 4) is 11.6 Å². The topological polar surface area (TPSA) is 86.8 Å². The van der Waals surface area contributed by atoms with E-state index < -0.39 is 18.0 Å². The van der Waals surface area contributed by atoms with Crippen LogP contribution in [0.15, 0.2) is 31.0 Å². The smallest absolute Gasteiger partial charge is 0.330 e. The Balaban J connectivity index is 1.80. The first-order chi connectivity index (χ1) is 12.5. The molecule has 0 aliphatic carbocycles. The summed E-state index contributed by atoms with van der Waals surface area (Å²) in [5.74, 6) is -0.0178. The van der Waals surface area contributed by atoms with Crippen LogP contribution in [0.25, 0.3) is 16.8 Å². The highest BCUT2D eigenvalue weighted by Crippen LogP contribution is 2.32. The molecule has 1 aliphatic rings. The molecule has 1 aromatic carbocycles.